The maximum absolute atomic E-state index is 10.8. The topological polar surface area (TPSA) is 38.7 Å². The van der Waals surface area contributed by atoms with Gasteiger partial charge in [-0.3, -0.25) is 0 Å². The molecule has 2 saturated heterocycles. The molecule has 2 aliphatic heterocycles. The number of rotatable bonds is 3. The number of hydrogen-bond donors (Lipinski definition) is 1. The molecule has 100 valence electrons. The quantitative estimate of drug-likeness (QED) is 0.825. The molecule has 1 spiro atoms. The van der Waals surface area contributed by atoms with E-state index in [4.69, 9.17) is 9.47 Å². The van der Waals surface area contributed by atoms with E-state index in [0.717, 1.165) is 38.9 Å². The van der Waals surface area contributed by atoms with Crippen LogP contribution in [0.2, 0.25) is 0 Å². The predicted octanol–water partition coefficient (Wildman–Crippen LogP) is 2.37. The Morgan fingerprint density at radius 1 is 1.47 bits per heavy atom. The Hall–Kier alpha value is -0.120. The molecule has 2 rings (SSSR count). The van der Waals surface area contributed by atoms with E-state index in [9.17, 15) is 5.11 Å². The zero-order chi connectivity index (χ0) is 12.5. The average Bonchev–Trinajstić information content (AvgIpc) is 2.76. The lowest BCUT2D eigenvalue weighted by Crippen LogP contribution is -2.50. The van der Waals surface area contributed by atoms with E-state index in [1.54, 1.807) is 0 Å². The van der Waals surface area contributed by atoms with Crippen LogP contribution < -0.4 is 0 Å². The monoisotopic (exact) mass is 242 g/mol. The van der Waals surface area contributed by atoms with Gasteiger partial charge in [0, 0.05) is 19.6 Å². The summed E-state index contributed by atoms with van der Waals surface area (Å²) < 4.78 is 11.4. The van der Waals surface area contributed by atoms with Crippen LogP contribution in [-0.4, -0.2) is 36.1 Å². The van der Waals surface area contributed by atoms with Gasteiger partial charge in [0.25, 0.3) is 0 Å². The summed E-state index contributed by atoms with van der Waals surface area (Å²) in [6.07, 6.45) is 3.93. The SMILES string of the molecule is CCC(C)C(C)(O)C1CCOC2(CCOC2)C1. The van der Waals surface area contributed by atoms with Gasteiger partial charge in [-0.05, 0) is 31.6 Å². The first-order chi connectivity index (χ1) is 8.00. The minimum absolute atomic E-state index is 0.0969. The third kappa shape index (κ3) is 2.51. The van der Waals surface area contributed by atoms with E-state index < -0.39 is 5.60 Å². The molecule has 3 nitrogen and oxygen atoms in total. The van der Waals surface area contributed by atoms with E-state index in [0.29, 0.717) is 18.4 Å². The molecule has 2 fully saturated rings. The zero-order valence-corrected chi connectivity index (χ0v) is 11.4. The van der Waals surface area contributed by atoms with Gasteiger partial charge >= 0.3 is 0 Å². The molecule has 4 unspecified atom stereocenters. The normalized spacial score (nSPS) is 39.2. The minimum Gasteiger partial charge on any atom is -0.390 e. The summed E-state index contributed by atoms with van der Waals surface area (Å²) in [5.41, 5.74) is -0.672. The first-order valence-electron chi connectivity index (χ1n) is 6.94. The molecule has 4 atom stereocenters. The molecule has 0 aliphatic carbocycles. The fourth-order valence-corrected chi connectivity index (χ4v) is 3.21. The third-order valence-electron chi connectivity index (χ3n) is 5.00. The number of aliphatic hydroxyl groups is 1. The summed E-state index contributed by atoms with van der Waals surface area (Å²) in [4.78, 5) is 0. The summed E-state index contributed by atoms with van der Waals surface area (Å²) in [5, 5.41) is 10.8. The lowest BCUT2D eigenvalue weighted by Gasteiger charge is -2.45. The molecular weight excluding hydrogens is 216 g/mol. The van der Waals surface area contributed by atoms with Crippen LogP contribution in [0.15, 0.2) is 0 Å². The van der Waals surface area contributed by atoms with E-state index in [2.05, 4.69) is 13.8 Å². The molecular formula is C14H26O3. The van der Waals surface area contributed by atoms with Crippen molar-refractivity contribution in [2.45, 2.75) is 57.7 Å². The van der Waals surface area contributed by atoms with Crippen molar-refractivity contribution in [3.05, 3.63) is 0 Å². The van der Waals surface area contributed by atoms with Crippen LogP contribution in [0.4, 0.5) is 0 Å². The zero-order valence-electron chi connectivity index (χ0n) is 11.4. The molecule has 0 radical (unpaired) electrons. The molecule has 0 saturated carbocycles. The van der Waals surface area contributed by atoms with Gasteiger partial charge in [0.15, 0.2) is 0 Å². The van der Waals surface area contributed by atoms with Crippen LogP contribution >= 0.6 is 0 Å². The van der Waals surface area contributed by atoms with Crippen LogP contribution in [0.1, 0.15) is 46.5 Å². The van der Waals surface area contributed by atoms with Gasteiger partial charge in [0.1, 0.15) is 0 Å². The summed E-state index contributed by atoms with van der Waals surface area (Å²) in [6.45, 7) is 8.57. The smallest absolute Gasteiger partial charge is 0.0940 e. The Morgan fingerprint density at radius 2 is 2.24 bits per heavy atom. The maximum atomic E-state index is 10.8. The molecule has 2 aliphatic rings. The largest absolute Gasteiger partial charge is 0.390 e. The third-order valence-corrected chi connectivity index (χ3v) is 5.00. The van der Waals surface area contributed by atoms with Crippen molar-refractivity contribution >= 4 is 0 Å². The van der Waals surface area contributed by atoms with Crippen molar-refractivity contribution in [1.82, 2.24) is 0 Å². The summed E-state index contributed by atoms with van der Waals surface area (Å²) in [6, 6.07) is 0. The highest BCUT2D eigenvalue weighted by Gasteiger charge is 2.47. The van der Waals surface area contributed by atoms with Gasteiger partial charge in [0.2, 0.25) is 0 Å². The van der Waals surface area contributed by atoms with E-state index >= 15 is 0 Å². The maximum Gasteiger partial charge on any atom is 0.0940 e. The van der Waals surface area contributed by atoms with Gasteiger partial charge in [-0.15, -0.1) is 0 Å². The highest BCUT2D eigenvalue weighted by molar-refractivity contribution is 4.97. The van der Waals surface area contributed by atoms with Gasteiger partial charge in [-0.1, -0.05) is 20.3 Å². The van der Waals surface area contributed by atoms with Crippen molar-refractivity contribution in [1.29, 1.82) is 0 Å². The van der Waals surface area contributed by atoms with Crippen molar-refractivity contribution < 1.29 is 14.6 Å². The number of ether oxygens (including phenoxy) is 2. The second-order valence-corrected chi connectivity index (χ2v) is 6.06. The van der Waals surface area contributed by atoms with E-state index in [1.165, 1.54) is 0 Å². The lowest BCUT2D eigenvalue weighted by atomic mass is 9.70. The summed E-state index contributed by atoms with van der Waals surface area (Å²) >= 11 is 0. The number of hydrogen-bond acceptors (Lipinski definition) is 3. The van der Waals surface area contributed by atoms with Gasteiger partial charge in [-0.2, -0.15) is 0 Å². The molecule has 2 heterocycles. The highest BCUT2D eigenvalue weighted by Crippen LogP contribution is 2.42. The van der Waals surface area contributed by atoms with E-state index in [1.807, 2.05) is 6.92 Å². The lowest BCUT2D eigenvalue weighted by molar-refractivity contribution is -0.151. The van der Waals surface area contributed by atoms with Crippen molar-refractivity contribution in [2.75, 3.05) is 19.8 Å². The molecule has 0 bridgehead atoms. The fourth-order valence-electron chi connectivity index (χ4n) is 3.21. The molecule has 3 heteroatoms. The van der Waals surface area contributed by atoms with Crippen molar-refractivity contribution in [3.8, 4) is 0 Å². The van der Waals surface area contributed by atoms with Crippen LogP contribution in [0.3, 0.4) is 0 Å². The van der Waals surface area contributed by atoms with Crippen molar-refractivity contribution in [3.63, 3.8) is 0 Å². The van der Waals surface area contributed by atoms with Gasteiger partial charge < -0.3 is 14.6 Å². The van der Waals surface area contributed by atoms with Crippen LogP contribution in [0.25, 0.3) is 0 Å². The summed E-state index contributed by atoms with van der Waals surface area (Å²) in [7, 11) is 0. The van der Waals surface area contributed by atoms with Gasteiger partial charge in [0.05, 0.1) is 17.8 Å². The fraction of sp³-hybridized carbons (Fsp3) is 1.00. The molecule has 0 aromatic carbocycles. The summed E-state index contributed by atoms with van der Waals surface area (Å²) in [5.74, 6) is 0.679. The Bertz CT molecular complexity index is 256. The minimum atomic E-state index is -0.575. The van der Waals surface area contributed by atoms with Crippen LogP contribution in [0, 0.1) is 11.8 Å². The standard InChI is InChI=1S/C14H26O3/c1-4-11(2)13(3,15)12-5-7-17-14(9-12)6-8-16-10-14/h11-12,15H,4-10H2,1-3H3. The average molecular weight is 242 g/mol. The molecule has 17 heavy (non-hydrogen) atoms. The Morgan fingerprint density at radius 3 is 2.82 bits per heavy atom. The first-order valence-corrected chi connectivity index (χ1v) is 6.94. The second-order valence-electron chi connectivity index (χ2n) is 6.06. The highest BCUT2D eigenvalue weighted by atomic mass is 16.6. The van der Waals surface area contributed by atoms with Crippen molar-refractivity contribution in [2.24, 2.45) is 11.8 Å². The predicted molar refractivity (Wildman–Crippen MR) is 66.9 cm³/mol. The Balaban J connectivity index is 2.06. The Kier molecular flexibility index (Phi) is 3.81. The molecule has 1 N–H and O–H groups in total. The molecule has 0 amide bonds. The molecule has 0 aromatic heterocycles. The van der Waals surface area contributed by atoms with Crippen LogP contribution in [-0.2, 0) is 9.47 Å². The molecule has 0 aromatic rings. The van der Waals surface area contributed by atoms with E-state index in [-0.39, 0.29) is 5.60 Å². The second kappa shape index (κ2) is 4.87. The van der Waals surface area contributed by atoms with Gasteiger partial charge in [-0.25, -0.2) is 0 Å². The first kappa shape index (κ1) is 13.3. The van der Waals surface area contributed by atoms with Crippen LogP contribution in [0.5, 0.6) is 0 Å². The Labute approximate surface area is 104 Å².